The molecule has 0 aliphatic rings. The van der Waals surface area contributed by atoms with Crippen molar-refractivity contribution in [1.82, 2.24) is 15.0 Å². The zero-order chi connectivity index (χ0) is 18.6. The highest BCUT2D eigenvalue weighted by atomic mass is 32.1. The number of carbonyl (C=O) groups is 1. The molecular formula is C21H18N4OS. The molecule has 0 N–H and O–H groups in total. The van der Waals surface area contributed by atoms with Crippen molar-refractivity contribution in [3.63, 3.8) is 0 Å². The Hall–Kier alpha value is -3.12. The number of benzene rings is 2. The van der Waals surface area contributed by atoms with Crippen molar-refractivity contribution in [2.45, 2.75) is 13.3 Å². The molecule has 4 aromatic rings. The summed E-state index contributed by atoms with van der Waals surface area (Å²) in [5.41, 5.74) is 3.17. The fourth-order valence-corrected chi connectivity index (χ4v) is 3.78. The van der Waals surface area contributed by atoms with Crippen molar-refractivity contribution in [3.05, 3.63) is 83.9 Å². The summed E-state index contributed by atoms with van der Waals surface area (Å²) in [5.74, 6) is -0.183. The lowest BCUT2D eigenvalue weighted by molar-refractivity contribution is 0.0982. The minimum Gasteiger partial charge on any atom is -0.282 e. The third-order valence-corrected chi connectivity index (χ3v) is 5.29. The van der Waals surface area contributed by atoms with E-state index in [-0.39, 0.29) is 5.91 Å². The van der Waals surface area contributed by atoms with Gasteiger partial charge in [-0.15, -0.1) is 0 Å². The van der Waals surface area contributed by atoms with Crippen LogP contribution in [-0.4, -0.2) is 27.4 Å². The van der Waals surface area contributed by atoms with Gasteiger partial charge in [-0.05, 0) is 31.0 Å². The van der Waals surface area contributed by atoms with Crippen LogP contribution in [-0.2, 0) is 6.42 Å². The standard InChI is InChI=1S/C21H18N4OS/c1-15-13-23-18(14-22-15)20(26)25(12-11-16-7-3-2-4-8-16)21-24-17-9-5-6-10-19(17)27-21/h2-10,13-14H,11-12H2,1H3. The lowest BCUT2D eigenvalue weighted by Crippen LogP contribution is -2.33. The third kappa shape index (κ3) is 3.85. The summed E-state index contributed by atoms with van der Waals surface area (Å²) in [5, 5.41) is 0.680. The summed E-state index contributed by atoms with van der Waals surface area (Å²) >= 11 is 1.51. The summed E-state index contributed by atoms with van der Waals surface area (Å²) in [7, 11) is 0. The number of aromatic nitrogens is 3. The van der Waals surface area contributed by atoms with Gasteiger partial charge in [0.05, 0.1) is 22.1 Å². The second kappa shape index (κ2) is 7.63. The van der Waals surface area contributed by atoms with E-state index in [4.69, 9.17) is 0 Å². The summed E-state index contributed by atoms with van der Waals surface area (Å²) < 4.78 is 1.06. The molecule has 0 fully saturated rings. The molecule has 5 nitrogen and oxygen atoms in total. The SMILES string of the molecule is Cc1cnc(C(=O)N(CCc2ccccc2)c2nc3ccccc3s2)cn1. The van der Waals surface area contributed by atoms with Crippen LogP contribution in [0, 0.1) is 6.92 Å². The number of anilines is 1. The maximum Gasteiger partial charge on any atom is 0.280 e. The molecule has 0 atom stereocenters. The fourth-order valence-electron chi connectivity index (χ4n) is 2.79. The Balaban J connectivity index is 1.67. The molecule has 134 valence electrons. The van der Waals surface area contributed by atoms with Gasteiger partial charge in [0.2, 0.25) is 0 Å². The Morgan fingerprint density at radius 3 is 2.52 bits per heavy atom. The van der Waals surface area contributed by atoms with Gasteiger partial charge in [-0.2, -0.15) is 0 Å². The molecule has 0 aliphatic carbocycles. The van der Waals surface area contributed by atoms with Gasteiger partial charge in [-0.1, -0.05) is 53.8 Å². The number of hydrogen-bond acceptors (Lipinski definition) is 5. The van der Waals surface area contributed by atoms with Gasteiger partial charge in [-0.25, -0.2) is 9.97 Å². The van der Waals surface area contributed by atoms with Crippen molar-refractivity contribution < 1.29 is 4.79 Å². The van der Waals surface area contributed by atoms with E-state index in [1.165, 1.54) is 23.1 Å². The number of rotatable bonds is 5. The predicted molar refractivity (Wildman–Crippen MR) is 108 cm³/mol. The molecule has 1 amide bonds. The van der Waals surface area contributed by atoms with E-state index in [0.29, 0.717) is 17.4 Å². The van der Waals surface area contributed by atoms with Crippen LogP contribution in [0.4, 0.5) is 5.13 Å². The van der Waals surface area contributed by atoms with Crippen molar-refractivity contribution in [3.8, 4) is 0 Å². The number of hydrogen-bond donors (Lipinski definition) is 0. The Bertz CT molecular complexity index is 1030. The molecule has 2 aromatic heterocycles. The van der Waals surface area contributed by atoms with Crippen molar-refractivity contribution in [2.75, 3.05) is 11.4 Å². The highest BCUT2D eigenvalue weighted by Crippen LogP contribution is 2.29. The monoisotopic (exact) mass is 374 g/mol. The first kappa shape index (κ1) is 17.3. The van der Waals surface area contributed by atoms with Gasteiger partial charge < -0.3 is 0 Å². The first-order valence-electron chi connectivity index (χ1n) is 8.71. The van der Waals surface area contributed by atoms with E-state index in [2.05, 4.69) is 27.1 Å². The van der Waals surface area contributed by atoms with E-state index in [1.807, 2.05) is 49.4 Å². The van der Waals surface area contributed by atoms with Crippen LogP contribution in [0.5, 0.6) is 0 Å². The number of thiazole rings is 1. The average Bonchev–Trinajstić information content (AvgIpc) is 3.13. The van der Waals surface area contributed by atoms with Gasteiger partial charge in [0.1, 0.15) is 5.69 Å². The average molecular weight is 374 g/mol. The van der Waals surface area contributed by atoms with E-state index in [1.54, 1.807) is 11.1 Å². The van der Waals surface area contributed by atoms with E-state index >= 15 is 0 Å². The van der Waals surface area contributed by atoms with Crippen LogP contribution in [0.2, 0.25) is 0 Å². The number of para-hydroxylation sites is 1. The van der Waals surface area contributed by atoms with Crippen LogP contribution in [0.25, 0.3) is 10.2 Å². The van der Waals surface area contributed by atoms with E-state index in [9.17, 15) is 4.79 Å². The number of carbonyl (C=O) groups excluding carboxylic acids is 1. The maximum atomic E-state index is 13.1. The predicted octanol–water partition coefficient (Wildman–Crippen LogP) is 4.28. The summed E-state index contributed by atoms with van der Waals surface area (Å²) in [4.78, 5) is 28.0. The Labute approximate surface area is 161 Å². The minimum absolute atomic E-state index is 0.183. The van der Waals surface area contributed by atoms with Gasteiger partial charge >= 0.3 is 0 Å². The number of nitrogens with zero attached hydrogens (tertiary/aromatic N) is 4. The Kier molecular flexibility index (Phi) is 4.89. The second-order valence-corrected chi connectivity index (χ2v) is 7.21. The number of aryl methyl sites for hydroxylation is 1. The van der Waals surface area contributed by atoms with Crippen molar-refractivity contribution >= 4 is 32.6 Å². The largest absolute Gasteiger partial charge is 0.282 e. The van der Waals surface area contributed by atoms with Gasteiger partial charge in [-0.3, -0.25) is 14.7 Å². The highest BCUT2D eigenvalue weighted by Gasteiger charge is 2.22. The van der Waals surface area contributed by atoms with Gasteiger partial charge in [0, 0.05) is 12.7 Å². The third-order valence-electron chi connectivity index (χ3n) is 4.23. The molecule has 0 aliphatic heterocycles. The molecule has 0 bridgehead atoms. The lowest BCUT2D eigenvalue weighted by atomic mass is 10.1. The first-order chi connectivity index (χ1) is 13.2. The molecule has 0 radical (unpaired) electrons. The molecule has 27 heavy (non-hydrogen) atoms. The van der Waals surface area contributed by atoms with Gasteiger partial charge in [0.15, 0.2) is 5.13 Å². The Morgan fingerprint density at radius 1 is 1.00 bits per heavy atom. The van der Waals surface area contributed by atoms with Crippen LogP contribution in [0.3, 0.4) is 0 Å². The van der Waals surface area contributed by atoms with E-state index < -0.39 is 0 Å². The van der Waals surface area contributed by atoms with E-state index in [0.717, 1.165) is 22.3 Å². The zero-order valence-corrected chi connectivity index (χ0v) is 15.7. The molecule has 6 heteroatoms. The maximum absolute atomic E-state index is 13.1. The summed E-state index contributed by atoms with van der Waals surface area (Å²) in [6, 6.07) is 18.0. The molecule has 0 saturated carbocycles. The van der Waals surface area contributed by atoms with Crippen molar-refractivity contribution in [2.24, 2.45) is 0 Å². The normalized spacial score (nSPS) is 10.9. The summed E-state index contributed by atoms with van der Waals surface area (Å²) in [6.07, 6.45) is 3.88. The van der Waals surface area contributed by atoms with Gasteiger partial charge in [0.25, 0.3) is 5.91 Å². The van der Waals surface area contributed by atoms with Crippen LogP contribution in [0.15, 0.2) is 67.0 Å². The molecule has 0 saturated heterocycles. The number of fused-ring (bicyclic) bond motifs is 1. The number of amides is 1. The zero-order valence-electron chi connectivity index (χ0n) is 14.9. The highest BCUT2D eigenvalue weighted by molar-refractivity contribution is 7.22. The molecule has 2 heterocycles. The Morgan fingerprint density at radius 2 is 1.78 bits per heavy atom. The minimum atomic E-state index is -0.183. The molecular weight excluding hydrogens is 356 g/mol. The van der Waals surface area contributed by atoms with Crippen LogP contribution >= 0.6 is 11.3 Å². The smallest absolute Gasteiger partial charge is 0.280 e. The van der Waals surface area contributed by atoms with Crippen LogP contribution < -0.4 is 4.90 Å². The van der Waals surface area contributed by atoms with Crippen LogP contribution in [0.1, 0.15) is 21.7 Å². The molecule has 4 rings (SSSR count). The molecule has 0 unspecified atom stereocenters. The summed E-state index contributed by atoms with van der Waals surface area (Å²) in [6.45, 7) is 2.38. The first-order valence-corrected chi connectivity index (χ1v) is 9.52. The fraction of sp³-hybridized carbons (Fsp3) is 0.143. The second-order valence-electron chi connectivity index (χ2n) is 6.20. The van der Waals surface area contributed by atoms with Crippen molar-refractivity contribution in [1.29, 1.82) is 0 Å². The molecule has 2 aromatic carbocycles. The molecule has 0 spiro atoms. The quantitative estimate of drug-likeness (QED) is 0.523. The lowest BCUT2D eigenvalue weighted by Gasteiger charge is -2.19. The topological polar surface area (TPSA) is 59.0 Å².